The van der Waals surface area contributed by atoms with Gasteiger partial charge in [0.1, 0.15) is 0 Å². The highest BCUT2D eigenvalue weighted by Gasteiger charge is 2.31. The second kappa shape index (κ2) is 11.9. The molecule has 1 fully saturated rings. The standard InChI is InChI=1S/C29H40F2N6O2/c1-7-37(21-10-8-20(9-11-21)35(5)16-26(30)31)27-19(4)22(13-25-24(27)15-33-36(25)6)28(38)32-14-23-17(2)12-18(3)34-29(23)39/h12-13,15,20-21,23,26H,7-11,14,16H2,1-6H3,(H,32,38). The molecule has 1 N–H and O–H groups in total. The van der Waals surface area contributed by atoms with Crippen molar-refractivity contribution in [3.05, 3.63) is 35.0 Å². The van der Waals surface area contributed by atoms with E-state index in [9.17, 15) is 18.4 Å². The second-order valence-electron chi connectivity index (χ2n) is 10.9. The predicted molar refractivity (Wildman–Crippen MR) is 151 cm³/mol. The molecule has 10 heteroatoms. The molecule has 2 aromatic rings. The molecular formula is C29H40F2N6O2. The Morgan fingerprint density at radius 1 is 1.18 bits per heavy atom. The number of rotatable bonds is 9. The summed E-state index contributed by atoms with van der Waals surface area (Å²) in [5, 5.41) is 8.44. The van der Waals surface area contributed by atoms with Crippen LogP contribution in [0.5, 0.6) is 0 Å². The van der Waals surface area contributed by atoms with Crippen molar-refractivity contribution in [2.45, 2.75) is 71.9 Å². The van der Waals surface area contributed by atoms with Gasteiger partial charge in [-0.25, -0.2) is 13.8 Å². The number of aromatic nitrogens is 2. The van der Waals surface area contributed by atoms with Crippen LogP contribution < -0.4 is 10.2 Å². The number of nitrogens with one attached hydrogen (secondary N) is 1. The predicted octanol–water partition coefficient (Wildman–Crippen LogP) is 4.51. The van der Waals surface area contributed by atoms with Crippen LogP contribution in [0, 0.1) is 12.8 Å². The number of fused-ring (bicyclic) bond motifs is 1. The number of halogens is 2. The van der Waals surface area contributed by atoms with Gasteiger partial charge in [-0.2, -0.15) is 5.10 Å². The van der Waals surface area contributed by atoms with E-state index < -0.39 is 12.3 Å². The molecule has 212 valence electrons. The smallest absolute Gasteiger partial charge is 0.254 e. The molecule has 1 aromatic heterocycles. The van der Waals surface area contributed by atoms with Crippen molar-refractivity contribution in [3.8, 4) is 0 Å². The third-order valence-corrected chi connectivity index (χ3v) is 8.35. The van der Waals surface area contributed by atoms with Crippen molar-refractivity contribution >= 4 is 34.1 Å². The van der Waals surface area contributed by atoms with Crippen LogP contribution in [-0.2, 0) is 11.8 Å². The van der Waals surface area contributed by atoms with Gasteiger partial charge < -0.3 is 10.2 Å². The zero-order chi connectivity index (χ0) is 28.4. The topological polar surface area (TPSA) is 82.8 Å². The lowest BCUT2D eigenvalue weighted by atomic mass is 9.88. The number of hydrogen-bond acceptors (Lipinski definition) is 5. The quantitative estimate of drug-likeness (QED) is 0.504. The number of aryl methyl sites for hydroxylation is 1. The van der Waals surface area contributed by atoms with Gasteiger partial charge in [0.25, 0.3) is 18.2 Å². The molecule has 1 aliphatic carbocycles. The van der Waals surface area contributed by atoms with Crippen molar-refractivity contribution in [1.29, 1.82) is 0 Å². The molecular weight excluding hydrogens is 502 g/mol. The normalized spacial score (nSPS) is 21.9. The highest BCUT2D eigenvalue weighted by atomic mass is 19.3. The second-order valence-corrected chi connectivity index (χ2v) is 10.9. The van der Waals surface area contributed by atoms with Crippen LogP contribution >= 0.6 is 0 Å². The van der Waals surface area contributed by atoms with E-state index in [0.717, 1.165) is 60.0 Å². The molecule has 2 amide bonds. The van der Waals surface area contributed by atoms with Crippen molar-refractivity contribution in [3.63, 3.8) is 0 Å². The van der Waals surface area contributed by atoms with Crippen molar-refractivity contribution < 1.29 is 18.4 Å². The summed E-state index contributed by atoms with van der Waals surface area (Å²) in [7, 11) is 3.64. The summed E-state index contributed by atoms with van der Waals surface area (Å²) in [4.78, 5) is 34.2. The van der Waals surface area contributed by atoms with Crippen molar-refractivity contribution in [2.75, 3.05) is 31.6 Å². The lowest BCUT2D eigenvalue weighted by Gasteiger charge is -2.41. The Balaban J connectivity index is 1.59. The number of benzene rings is 1. The zero-order valence-electron chi connectivity index (χ0n) is 23.8. The molecule has 1 saturated carbocycles. The average Bonchev–Trinajstić information content (AvgIpc) is 3.24. The molecule has 4 rings (SSSR count). The molecule has 1 aliphatic heterocycles. The molecule has 2 aliphatic rings. The monoisotopic (exact) mass is 542 g/mol. The Bertz CT molecular complexity index is 1290. The van der Waals surface area contributed by atoms with E-state index in [1.165, 1.54) is 0 Å². The van der Waals surface area contributed by atoms with Gasteiger partial charge in [0.05, 0.1) is 29.9 Å². The summed E-state index contributed by atoms with van der Waals surface area (Å²) in [6.45, 7) is 8.47. The number of carbonyl (C=O) groups excluding carboxylic acids is 2. The van der Waals surface area contributed by atoms with Gasteiger partial charge in [0.2, 0.25) is 0 Å². The number of allylic oxidation sites excluding steroid dienone is 1. The summed E-state index contributed by atoms with van der Waals surface area (Å²) in [5.74, 6) is -0.945. The fraction of sp³-hybridized carbons (Fsp3) is 0.586. The molecule has 1 unspecified atom stereocenters. The first-order valence-electron chi connectivity index (χ1n) is 13.8. The number of anilines is 1. The fourth-order valence-electron chi connectivity index (χ4n) is 6.20. The van der Waals surface area contributed by atoms with Gasteiger partial charge in [-0.3, -0.25) is 19.2 Å². The van der Waals surface area contributed by atoms with Gasteiger partial charge >= 0.3 is 0 Å². The zero-order valence-corrected chi connectivity index (χ0v) is 23.8. The van der Waals surface area contributed by atoms with Crippen LogP contribution in [-0.4, -0.2) is 77.4 Å². The Morgan fingerprint density at radius 3 is 2.46 bits per heavy atom. The minimum atomic E-state index is -2.33. The van der Waals surface area contributed by atoms with E-state index >= 15 is 0 Å². The first kappa shape index (κ1) is 28.9. The fourth-order valence-corrected chi connectivity index (χ4v) is 6.20. The van der Waals surface area contributed by atoms with Crippen LogP contribution in [0.2, 0.25) is 0 Å². The maximum atomic E-state index is 13.5. The molecule has 1 aromatic carbocycles. The van der Waals surface area contributed by atoms with Crippen molar-refractivity contribution in [1.82, 2.24) is 20.0 Å². The number of amides is 2. The van der Waals surface area contributed by atoms with E-state index in [1.54, 1.807) is 23.6 Å². The van der Waals surface area contributed by atoms with Gasteiger partial charge in [0, 0.05) is 48.9 Å². The maximum absolute atomic E-state index is 13.5. The molecule has 0 spiro atoms. The summed E-state index contributed by atoms with van der Waals surface area (Å²) in [6.07, 6.45) is 4.87. The van der Waals surface area contributed by atoms with E-state index in [0.29, 0.717) is 11.3 Å². The van der Waals surface area contributed by atoms with Gasteiger partial charge in [0.15, 0.2) is 0 Å². The van der Waals surface area contributed by atoms with Crippen LogP contribution in [0.4, 0.5) is 14.5 Å². The van der Waals surface area contributed by atoms with E-state index in [4.69, 9.17) is 0 Å². The molecule has 8 nitrogen and oxygen atoms in total. The lowest BCUT2D eigenvalue weighted by molar-refractivity contribution is -0.120. The SMILES string of the molecule is CCN(c1c(C)c(C(=O)NCC2C(=O)N=C(C)C=C2C)cc2c1cnn2C)C1CCC(N(C)CC(F)F)CC1. The summed E-state index contributed by atoms with van der Waals surface area (Å²) in [5.41, 5.74) is 4.82. The van der Waals surface area contributed by atoms with E-state index in [1.807, 2.05) is 39.2 Å². The van der Waals surface area contributed by atoms with Gasteiger partial charge in [-0.05, 0) is 78.1 Å². The van der Waals surface area contributed by atoms with Crippen LogP contribution in [0.25, 0.3) is 10.9 Å². The number of aliphatic imine (C=N–C) groups is 1. The molecule has 0 bridgehead atoms. The minimum absolute atomic E-state index is 0.152. The Labute approximate surface area is 229 Å². The molecule has 1 atom stereocenters. The minimum Gasteiger partial charge on any atom is -0.368 e. The van der Waals surface area contributed by atoms with Crippen LogP contribution in [0.1, 0.15) is 62.4 Å². The first-order chi connectivity index (χ1) is 18.5. The molecule has 0 saturated heterocycles. The third kappa shape index (κ3) is 6.05. The molecule has 39 heavy (non-hydrogen) atoms. The van der Waals surface area contributed by atoms with Crippen LogP contribution in [0.15, 0.2) is 28.9 Å². The summed E-state index contributed by atoms with van der Waals surface area (Å²) >= 11 is 0. The number of alkyl halides is 2. The Hall–Kier alpha value is -3.14. The number of carbonyl (C=O) groups is 2. The Kier molecular flexibility index (Phi) is 8.83. The van der Waals surface area contributed by atoms with E-state index in [-0.39, 0.29) is 37.0 Å². The number of hydrogen-bond donors (Lipinski definition) is 1. The third-order valence-electron chi connectivity index (χ3n) is 8.35. The highest BCUT2D eigenvalue weighted by Crippen LogP contribution is 2.37. The summed E-state index contributed by atoms with van der Waals surface area (Å²) < 4.78 is 27.6. The first-order valence-corrected chi connectivity index (χ1v) is 13.8. The summed E-state index contributed by atoms with van der Waals surface area (Å²) in [6, 6.07) is 2.26. The van der Waals surface area contributed by atoms with Gasteiger partial charge in [-0.1, -0.05) is 5.57 Å². The molecule has 0 radical (unpaired) electrons. The largest absolute Gasteiger partial charge is 0.368 e. The average molecular weight is 543 g/mol. The molecule has 2 heterocycles. The van der Waals surface area contributed by atoms with E-state index in [2.05, 4.69) is 27.2 Å². The maximum Gasteiger partial charge on any atom is 0.254 e. The van der Waals surface area contributed by atoms with Crippen LogP contribution in [0.3, 0.4) is 0 Å². The number of dihydropyridines is 1. The van der Waals surface area contributed by atoms with Gasteiger partial charge in [-0.15, -0.1) is 0 Å². The number of nitrogens with zero attached hydrogens (tertiary/aromatic N) is 5. The lowest BCUT2D eigenvalue weighted by Crippen LogP contribution is -2.44. The van der Waals surface area contributed by atoms with Crippen molar-refractivity contribution in [2.24, 2.45) is 18.0 Å². The Morgan fingerprint density at radius 2 is 1.85 bits per heavy atom. The highest BCUT2D eigenvalue weighted by molar-refractivity contribution is 6.07.